The lowest BCUT2D eigenvalue weighted by molar-refractivity contribution is 0.0939. The van der Waals surface area contributed by atoms with Gasteiger partial charge < -0.3 is 5.32 Å². The summed E-state index contributed by atoms with van der Waals surface area (Å²) in [5.41, 5.74) is 10.1. The first-order chi connectivity index (χ1) is 15.8. The maximum absolute atomic E-state index is 13.0. The molecule has 3 aromatic carbocycles. The van der Waals surface area contributed by atoms with Crippen molar-refractivity contribution in [3.63, 3.8) is 0 Å². The van der Waals surface area contributed by atoms with Crippen molar-refractivity contribution in [1.82, 2.24) is 15.8 Å². The number of para-hydroxylation sites is 1. The third-order valence-corrected chi connectivity index (χ3v) is 5.82. The summed E-state index contributed by atoms with van der Waals surface area (Å²) in [5.74, 6) is -0.469. The van der Waals surface area contributed by atoms with Crippen molar-refractivity contribution in [3.05, 3.63) is 93.5 Å². The Labute approximate surface area is 200 Å². The second-order valence-corrected chi connectivity index (χ2v) is 8.37. The quantitative estimate of drug-likeness (QED) is 0.302. The lowest BCUT2D eigenvalue weighted by Gasteiger charge is -2.13. The number of aromatic nitrogens is 1. The van der Waals surface area contributed by atoms with E-state index in [9.17, 15) is 9.59 Å². The van der Waals surface area contributed by atoms with E-state index in [1.807, 2.05) is 50.2 Å². The summed E-state index contributed by atoms with van der Waals surface area (Å²) in [6, 6.07) is 19.2. The van der Waals surface area contributed by atoms with Gasteiger partial charge in [0.2, 0.25) is 0 Å². The Bertz CT molecular complexity index is 1390. The third-order valence-electron chi connectivity index (χ3n) is 5.09. The molecule has 0 aliphatic rings. The third kappa shape index (κ3) is 5.08. The highest BCUT2D eigenvalue weighted by atomic mass is 35.5. The molecule has 0 aliphatic carbocycles. The van der Waals surface area contributed by atoms with Crippen LogP contribution < -0.4 is 16.2 Å². The zero-order valence-corrected chi connectivity index (χ0v) is 19.4. The number of nitrogens with one attached hydrogen (secondary N) is 3. The minimum absolute atomic E-state index is 0.306. The fourth-order valence-electron chi connectivity index (χ4n) is 3.52. The Balaban J connectivity index is 1.58. The second kappa shape index (κ2) is 9.48. The van der Waals surface area contributed by atoms with E-state index < -0.39 is 11.9 Å². The number of nitrogens with zero attached hydrogens (tertiary/aromatic N) is 1. The molecule has 0 fully saturated rings. The minimum atomic E-state index is -0.630. The van der Waals surface area contributed by atoms with Crippen LogP contribution in [0.3, 0.4) is 0 Å². The first kappa shape index (κ1) is 22.6. The highest BCUT2D eigenvalue weighted by Crippen LogP contribution is 2.28. The Kier molecular flexibility index (Phi) is 6.49. The van der Waals surface area contributed by atoms with Crippen LogP contribution in [0.5, 0.6) is 0 Å². The average Bonchev–Trinajstić information content (AvgIpc) is 2.79. The summed E-state index contributed by atoms with van der Waals surface area (Å²) < 4.78 is 0. The van der Waals surface area contributed by atoms with E-state index in [-0.39, 0.29) is 0 Å². The van der Waals surface area contributed by atoms with Crippen LogP contribution in [0, 0.1) is 13.8 Å². The summed E-state index contributed by atoms with van der Waals surface area (Å²) in [7, 11) is 0. The number of benzene rings is 3. The van der Waals surface area contributed by atoms with Gasteiger partial charge in [-0.05, 0) is 49.7 Å². The summed E-state index contributed by atoms with van der Waals surface area (Å²) >= 11 is 11.9. The second-order valence-electron chi connectivity index (χ2n) is 7.55. The number of hydrogen-bond donors (Lipinski definition) is 3. The Hall–Kier alpha value is -3.61. The van der Waals surface area contributed by atoms with Crippen molar-refractivity contribution in [2.45, 2.75) is 13.8 Å². The van der Waals surface area contributed by atoms with Crippen LogP contribution in [0.15, 0.2) is 66.7 Å². The first-order valence-corrected chi connectivity index (χ1v) is 10.9. The van der Waals surface area contributed by atoms with E-state index in [4.69, 9.17) is 28.2 Å². The molecule has 0 atom stereocenters. The topological polar surface area (TPSA) is 83.1 Å². The van der Waals surface area contributed by atoms with Gasteiger partial charge in [-0.2, -0.15) is 0 Å². The van der Waals surface area contributed by atoms with E-state index in [2.05, 4.69) is 22.2 Å². The molecule has 3 amide bonds. The van der Waals surface area contributed by atoms with Crippen molar-refractivity contribution in [3.8, 4) is 11.3 Å². The van der Waals surface area contributed by atoms with Crippen LogP contribution >= 0.6 is 23.2 Å². The standard InChI is InChI=1S/C25H20Cl2N4O2/c1-14-7-9-17(15(2)11-14)23-13-19(18-5-3-4-6-22(18)29-23)24(32)30-31-25(33)28-16-8-10-20(26)21(27)12-16/h3-13H,1-2H3,(H,30,32)(H2,28,31,33). The van der Waals surface area contributed by atoms with Crippen molar-refractivity contribution in [2.24, 2.45) is 0 Å². The van der Waals surface area contributed by atoms with E-state index in [1.165, 1.54) is 6.07 Å². The van der Waals surface area contributed by atoms with Gasteiger partial charge in [-0.3, -0.25) is 10.2 Å². The van der Waals surface area contributed by atoms with Crippen molar-refractivity contribution in [1.29, 1.82) is 0 Å². The number of carbonyl (C=O) groups is 2. The van der Waals surface area contributed by atoms with Gasteiger partial charge in [-0.1, -0.05) is 65.2 Å². The Morgan fingerprint density at radius 2 is 1.64 bits per heavy atom. The largest absolute Gasteiger partial charge is 0.337 e. The molecule has 166 valence electrons. The van der Waals surface area contributed by atoms with Crippen molar-refractivity contribution < 1.29 is 9.59 Å². The molecule has 3 N–H and O–H groups in total. The molecule has 33 heavy (non-hydrogen) atoms. The number of pyridine rings is 1. The van der Waals surface area contributed by atoms with Gasteiger partial charge in [0, 0.05) is 16.6 Å². The number of carbonyl (C=O) groups excluding carboxylic acids is 2. The molecule has 1 aromatic heterocycles. The summed E-state index contributed by atoms with van der Waals surface area (Å²) in [5, 5.41) is 3.94. The minimum Gasteiger partial charge on any atom is -0.307 e. The van der Waals surface area contributed by atoms with E-state index in [1.54, 1.807) is 18.2 Å². The SMILES string of the molecule is Cc1ccc(-c2cc(C(=O)NNC(=O)Nc3ccc(Cl)c(Cl)c3)c3ccccc3n2)c(C)c1. The Morgan fingerprint density at radius 1 is 0.848 bits per heavy atom. The molecule has 0 aliphatic heterocycles. The predicted octanol–water partition coefficient (Wildman–Crippen LogP) is 6.29. The van der Waals surface area contributed by atoms with E-state index in [0.717, 1.165) is 16.7 Å². The molecule has 0 radical (unpaired) electrons. The van der Waals surface area contributed by atoms with E-state index in [0.29, 0.717) is 37.9 Å². The molecule has 8 heteroatoms. The van der Waals surface area contributed by atoms with Gasteiger partial charge >= 0.3 is 6.03 Å². The van der Waals surface area contributed by atoms with Crippen LogP contribution in [0.2, 0.25) is 10.0 Å². The number of fused-ring (bicyclic) bond motifs is 1. The van der Waals surface area contributed by atoms with Crippen molar-refractivity contribution >= 4 is 51.7 Å². The molecule has 4 rings (SSSR count). The van der Waals surface area contributed by atoms with Crippen LogP contribution in [-0.4, -0.2) is 16.9 Å². The summed E-state index contributed by atoms with van der Waals surface area (Å²) in [6.07, 6.45) is 0. The lowest BCUT2D eigenvalue weighted by Crippen LogP contribution is -2.44. The number of halogens is 2. The molecular formula is C25H20Cl2N4O2. The number of aryl methyl sites for hydroxylation is 2. The van der Waals surface area contributed by atoms with Crippen LogP contribution in [0.25, 0.3) is 22.2 Å². The molecule has 0 unspecified atom stereocenters. The maximum atomic E-state index is 13.0. The number of hydrazine groups is 1. The van der Waals surface area contributed by atoms with Crippen LogP contribution in [-0.2, 0) is 0 Å². The van der Waals surface area contributed by atoms with Gasteiger partial charge in [-0.25, -0.2) is 15.2 Å². The van der Waals surface area contributed by atoms with E-state index >= 15 is 0 Å². The van der Waals surface area contributed by atoms with Gasteiger partial charge in [-0.15, -0.1) is 0 Å². The lowest BCUT2D eigenvalue weighted by atomic mass is 9.99. The van der Waals surface area contributed by atoms with Gasteiger partial charge in [0.25, 0.3) is 5.91 Å². The highest BCUT2D eigenvalue weighted by Gasteiger charge is 2.16. The summed E-state index contributed by atoms with van der Waals surface area (Å²) in [6.45, 7) is 4.03. The number of amides is 3. The number of rotatable bonds is 3. The monoisotopic (exact) mass is 478 g/mol. The molecule has 0 bridgehead atoms. The molecule has 0 saturated carbocycles. The summed E-state index contributed by atoms with van der Waals surface area (Å²) in [4.78, 5) is 30.0. The van der Waals surface area contributed by atoms with Crippen LogP contribution in [0.1, 0.15) is 21.5 Å². The van der Waals surface area contributed by atoms with Gasteiger partial charge in [0.15, 0.2) is 0 Å². The number of anilines is 1. The average molecular weight is 479 g/mol. The number of urea groups is 1. The zero-order chi connectivity index (χ0) is 23.5. The fraction of sp³-hybridized carbons (Fsp3) is 0.0800. The molecular weight excluding hydrogens is 459 g/mol. The molecule has 4 aromatic rings. The van der Waals surface area contributed by atoms with Gasteiger partial charge in [0.1, 0.15) is 0 Å². The molecule has 0 saturated heterocycles. The maximum Gasteiger partial charge on any atom is 0.337 e. The highest BCUT2D eigenvalue weighted by molar-refractivity contribution is 6.42. The zero-order valence-electron chi connectivity index (χ0n) is 17.9. The van der Waals surface area contributed by atoms with Crippen molar-refractivity contribution in [2.75, 3.05) is 5.32 Å². The number of hydrogen-bond acceptors (Lipinski definition) is 3. The van der Waals surface area contributed by atoms with Crippen LogP contribution in [0.4, 0.5) is 10.5 Å². The molecule has 1 heterocycles. The normalized spacial score (nSPS) is 10.7. The predicted molar refractivity (Wildman–Crippen MR) is 133 cm³/mol. The smallest absolute Gasteiger partial charge is 0.307 e. The Morgan fingerprint density at radius 3 is 2.39 bits per heavy atom. The molecule has 0 spiro atoms. The molecule has 6 nitrogen and oxygen atoms in total. The first-order valence-electron chi connectivity index (χ1n) is 10.1. The van der Waals surface area contributed by atoms with Gasteiger partial charge in [0.05, 0.1) is 26.8 Å². The fourth-order valence-corrected chi connectivity index (χ4v) is 3.82.